The van der Waals surface area contributed by atoms with Crippen LogP contribution >= 0.6 is 11.3 Å². The largest absolute Gasteiger partial charge is 0.481 e. The quantitative estimate of drug-likeness (QED) is 0.681. The zero-order valence-corrected chi connectivity index (χ0v) is 14.7. The number of nitrogens with one attached hydrogen (secondary N) is 1. The van der Waals surface area contributed by atoms with Crippen LogP contribution in [0.2, 0.25) is 0 Å². The number of aromatic nitrogens is 2. The topological polar surface area (TPSA) is 83.7 Å². The van der Waals surface area contributed by atoms with Crippen molar-refractivity contribution in [3.63, 3.8) is 0 Å². The molecule has 7 heteroatoms. The Labute approximate surface area is 149 Å². The Balaban J connectivity index is 1.73. The van der Waals surface area contributed by atoms with Gasteiger partial charge in [-0.1, -0.05) is 31.2 Å². The number of carboxylic acid groups (broad SMARTS) is 1. The highest BCUT2D eigenvalue weighted by Crippen LogP contribution is 2.24. The molecule has 130 valence electrons. The van der Waals surface area contributed by atoms with Gasteiger partial charge in [0.2, 0.25) is 5.91 Å². The summed E-state index contributed by atoms with van der Waals surface area (Å²) >= 11 is 1.49. The van der Waals surface area contributed by atoms with Gasteiger partial charge >= 0.3 is 5.97 Å². The first-order chi connectivity index (χ1) is 12.1. The highest BCUT2D eigenvalue weighted by atomic mass is 32.1. The van der Waals surface area contributed by atoms with Crippen LogP contribution in [0.4, 0.5) is 0 Å². The van der Waals surface area contributed by atoms with E-state index in [2.05, 4.69) is 41.5 Å². The number of carbonyl (C=O) groups is 2. The van der Waals surface area contributed by atoms with E-state index in [1.807, 2.05) is 16.0 Å². The van der Waals surface area contributed by atoms with Crippen LogP contribution in [0.5, 0.6) is 0 Å². The van der Waals surface area contributed by atoms with Crippen molar-refractivity contribution in [2.45, 2.75) is 26.2 Å². The third kappa shape index (κ3) is 4.06. The first-order valence-corrected chi connectivity index (χ1v) is 8.98. The number of nitrogens with zero attached hydrogens (tertiary/aromatic N) is 2. The van der Waals surface area contributed by atoms with E-state index in [0.717, 1.165) is 28.3 Å². The molecule has 25 heavy (non-hydrogen) atoms. The van der Waals surface area contributed by atoms with Crippen LogP contribution < -0.4 is 5.32 Å². The number of aliphatic carboxylic acids is 1. The molecule has 0 atom stereocenters. The summed E-state index contributed by atoms with van der Waals surface area (Å²) < 4.78 is 1.92. The average molecular weight is 357 g/mol. The van der Waals surface area contributed by atoms with Gasteiger partial charge in [0.1, 0.15) is 0 Å². The molecule has 0 aliphatic heterocycles. The predicted molar refractivity (Wildman–Crippen MR) is 96.8 cm³/mol. The summed E-state index contributed by atoms with van der Waals surface area (Å²) in [7, 11) is 0. The Kier molecular flexibility index (Phi) is 5.14. The van der Waals surface area contributed by atoms with Crippen LogP contribution in [0.15, 0.2) is 35.8 Å². The first-order valence-electron chi connectivity index (χ1n) is 8.10. The Morgan fingerprint density at radius 3 is 2.72 bits per heavy atom. The maximum Gasteiger partial charge on any atom is 0.305 e. The van der Waals surface area contributed by atoms with Crippen LogP contribution in [0.3, 0.4) is 0 Å². The molecular weight excluding hydrogens is 338 g/mol. The molecule has 3 rings (SSSR count). The van der Waals surface area contributed by atoms with Gasteiger partial charge in [-0.25, -0.2) is 4.98 Å². The van der Waals surface area contributed by atoms with Crippen molar-refractivity contribution in [2.24, 2.45) is 0 Å². The summed E-state index contributed by atoms with van der Waals surface area (Å²) in [6.45, 7) is 2.26. The molecule has 0 fully saturated rings. The maximum absolute atomic E-state index is 11.9. The van der Waals surface area contributed by atoms with Gasteiger partial charge in [-0.3, -0.25) is 14.0 Å². The molecule has 1 amide bonds. The second kappa shape index (κ2) is 7.48. The summed E-state index contributed by atoms with van der Waals surface area (Å²) in [6, 6.07) is 8.31. The van der Waals surface area contributed by atoms with Gasteiger partial charge in [-0.05, 0) is 12.0 Å². The molecule has 0 unspecified atom stereocenters. The predicted octanol–water partition coefficient (Wildman–Crippen LogP) is 2.76. The number of carbonyl (C=O) groups excluding carboxylic acids is 1. The Morgan fingerprint density at radius 2 is 2.04 bits per heavy atom. The number of carboxylic acids is 1. The number of fused-ring (bicyclic) bond motifs is 1. The molecule has 0 spiro atoms. The Hall–Kier alpha value is -2.67. The van der Waals surface area contributed by atoms with Gasteiger partial charge in [-0.2, -0.15) is 0 Å². The number of benzene rings is 1. The molecule has 0 radical (unpaired) electrons. The van der Waals surface area contributed by atoms with Gasteiger partial charge in [-0.15, -0.1) is 11.3 Å². The third-order valence-corrected chi connectivity index (χ3v) is 4.83. The van der Waals surface area contributed by atoms with Gasteiger partial charge in [0, 0.05) is 29.4 Å². The monoisotopic (exact) mass is 357 g/mol. The Morgan fingerprint density at radius 1 is 1.28 bits per heavy atom. The average Bonchev–Trinajstić information content (AvgIpc) is 3.17. The van der Waals surface area contributed by atoms with Crippen molar-refractivity contribution in [3.05, 3.63) is 47.1 Å². The van der Waals surface area contributed by atoms with Crippen LogP contribution in [0.25, 0.3) is 16.2 Å². The van der Waals surface area contributed by atoms with Crippen molar-refractivity contribution in [3.8, 4) is 11.3 Å². The number of imidazole rings is 1. The third-order valence-electron chi connectivity index (χ3n) is 3.94. The molecule has 0 bridgehead atoms. The number of hydrogen-bond donors (Lipinski definition) is 2. The van der Waals surface area contributed by atoms with Crippen molar-refractivity contribution >= 4 is 28.2 Å². The smallest absolute Gasteiger partial charge is 0.305 e. The molecule has 3 aromatic rings. The standard InChI is InChI=1S/C18H19N3O3S/c1-2-12-3-5-13(6-4-12)15-10-21-14(11-25-18(21)20-15)9-16(22)19-8-7-17(23)24/h3-6,10-11H,2,7-9H2,1H3,(H,19,22)(H,23,24). The lowest BCUT2D eigenvalue weighted by atomic mass is 10.1. The molecular formula is C18H19N3O3S. The molecule has 0 aliphatic rings. The zero-order chi connectivity index (χ0) is 17.8. The van der Waals surface area contributed by atoms with E-state index in [9.17, 15) is 9.59 Å². The van der Waals surface area contributed by atoms with Crippen molar-refractivity contribution < 1.29 is 14.7 Å². The molecule has 6 nitrogen and oxygen atoms in total. The summed E-state index contributed by atoms with van der Waals surface area (Å²) in [6.07, 6.45) is 3.06. The lowest BCUT2D eigenvalue weighted by molar-refractivity contribution is -0.136. The van der Waals surface area contributed by atoms with E-state index in [1.54, 1.807) is 0 Å². The highest BCUT2D eigenvalue weighted by molar-refractivity contribution is 7.15. The number of aryl methyl sites for hydroxylation is 1. The van der Waals surface area contributed by atoms with Gasteiger partial charge < -0.3 is 10.4 Å². The second-order valence-electron chi connectivity index (χ2n) is 5.73. The summed E-state index contributed by atoms with van der Waals surface area (Å²) in [4.78, 5) is 27.9. The van der Waals surface area contributed by atoms with Gasteiger partial charge in [0.05, 0.1) is 18.5 Å². The SMILES string of the molecule is CCc1ccc(-c2cn3c(CC(=O)NCCC(=O)O)csc3n2)cc1. The normalized spacial score (nSPS) is 10.9. The summed E-state index contributed by atoms with van der Waals surface area (Å²) in [5.74, 6) is -1.12. The number of amides is 1. The van der Waals surface area contributed by atoms with E-state index >= 15 is 0 Å². The van der Waals surface area contributed by atoms with Crippen LogP contribution in [-0.4, -0.2) is 32.9 Å². The lowest BCUT2D eigenvalue weighted by Gasteiger charge is -2.02. The van der Waals surface area contributed by atoms with Gasteiger partial charge in [0.25, 0.3) is 0 Å². The van der Waals surface area contributed by atoms with Crippen LogP contribution in [-0.2, 0) is 22.4 Å². The van der Waals surface area contributed by atoms with E-state index in [1.165, 1.54) is 16.9 Å². The van der Waals surface area contributed by atoms with Crippen molar-refractivity contribution in [1.29, 1.82) is 0 Å². The minimum atomic E-state index is -0.924. The zero-order valence-electron chi connectivity index (χ0n) is 13.9. The molecule has 2 heterocycles. The number of rotatable bonds is 7. The fourth-order valence-corrected chi connectivity index (χ4v) is 3.42. The maximum atomic E-state index is 11.9. The molecule has 0 aliphatic carbocycles. The summed E-state index contributed by atoms with van der Waals surface area (Å²) in [5, 5.41) is 13.1. The number of thiazole rings is 1. The number of hydrogen-bond acceptors (Lipinski definition) is 4. The first kappa shape index (κ1) is 17.2. The summed E-state index contributed by atoms with van der Waals surface area (Å²) in [5.41, 5.74) is 4.05. The van der Waals surface area contributed by atoms with Crippen LogP contribution in [0.1, 0.15) is 24.6 Å². The lowest BCUT2D eigenvalue weighted by Crippen LogP contribution is -2.27. The molecule has 0 saturated carbocycles. The van der Waals surface area contributed by atoms with Gasteiger partial charge in [0.15, 0.2) is 4.96 Å². The fourth-order valence-electron chi connectivity index (χ4n) is 2.54. The fraction of sp³-hybridized carbons (Fsp3) is 0.278. The van der Waals surface area contributed by atoms with Crippen molar-refractivity contribution in [2.75, 3.05) is 6.54 Å². The van der Waals surface area contributed by atoms with E-state index in [-0.39, 0.29) is 25.3 Å². The Bertz CT molecular complexity index is 896. The molecule has 0 saturated heterocycles. The van der Waals surface area contributed by atoms with E-state index in [0.29, 0.717) is 0 Å². The van der Waals surface area contributed by atoms with Crippen LogP contribution in [0, 0.1) is 0 Å². The second-order valence-corrected chi connectivity index (χ2v) is 6.56. The highest BCUT2D eigenvalue weighted by Gasteiger charge is 2.12. The van der Waals surface area contributed by atoms with E-state index in [4.69, 9.17) is 5.11 Å². The minimum Gasteiger partial charge on any atom is -0.481 e. The van der Waals surface area contributed by atoms with Crippen molar-refractivity contribution in [1.82, 2.24) is 14.7 Å². The minimum absolute atomic E-state index is 0.0756. The molecule has 2 N–H and O–H groups in total. The molecule has 1 aromatic carbocycles. The molecule has 2 aromatic heterocycles. The van der Waals surface area contributed by atoms with E-state index < -0.39 is 5.97 Å².